The summed E-state index contributed by atoms with van der Waals surface area (Å²) in [6.45, 7) is 3.46. The molecule has 0 aliphatic heterocycles. The zero-order chi connectivity index (χ0) is 13.4. The molecule has 0 aliphatic rings. The van der Waals surface area contributed by atoms with Crippen LogP contribution in [0.15, 0.2) is 6.07 Å². The molecule has 6 heteroatoms. The Hall–Kier alpha value is -1.20. The Labute approximate surface area is 105 Å². The summed E-state index contributed by atoms with van der Waals surface area (Å²) in [7, 11) is 1.62. The summed E-state index contributed by atoms with van der Waals surface area (Å²) >= 11 is 5.73. The van der Waals surface area contributed by atoms with Crippen LogP contribution < -0.4 is 16.4 Å². The predicted molar refractivity (Wildman–Crippen MR) is 69.8 cm³/mol. The molecule has 0 bridgehead atoms. The summed E-state index contributed by atoms with van der Waals surface area (Å²) in [6, 6.07) is 1.40. The standard InChI is InChI=1S/C11H17ClFN3O/c1-11(2,17)5-16(3)10-7(15)4-6(14)8(12)9(10)13/h4,17H,5,14-15H2,1-3H3. The average Bonchev–Trinajstić information content (AvgIpc) is 2.11. The number of nitrogen functional groups attached to an aromatic ring is 2. The first-order valence-corrected chi connectivity index (χ1v) is 5.47. The molecular formula is C11H17ClFN3O. The Balaban J connectivity index is 3.18. The molecule has 4 nitrogen and oxygen atoms in total. The average molecular weight is 262 g/mol. The van der Waals surface area contributed by atoms with Crippen molar-refractivity contribution in [3.63, 3.8) is 0 Å². The van der Waals surface area contributed by atoms with Crippen molar-refractivity contribution in [3.05, 3.63) is 16.9 Å². The molecule has 1 aromatic carbocycles. The van der Waals surface area contributed by atoms with Gasteiger partial charge in [-0.05, 0) is 19.9 Å². The molecule has 0 fully saturated rings. The van der Waals surface area contributed by atoms with Gasteiger partial charge in [0.2, 0.25) is 0 Å². The van der Waals surface area contributed by atoms with Crippen molar-refractivity contribution >= 4 is 28.7 Å². The van der Waals surface area contributed by atoms with Crippen LogP contribution in [0.3, 0.4) is 0 Å². The van der Waals surface area contributed by atoms with Crippen molar-refractivity contribution in [2.24, 2.45) is 0 Å². The Kier molecular flexibility index (Phi) is 3.74. The van der Waals surface area contributed by atoms with E-state index in [1.165, 1.54) is 11.0 Å². The lowest BCUT2D eigenvalue weighted by Gasteiger charge is -2.28. The molecule has 0 saturated carbocycles. The maximum Gasteiger partial charge on any atom is 0.169 e. The topological polar surface area (TPSA) is 75.5 Å². The summed E-state index contributed by atoms with van der Waals surface area (Å²) < 4.78 is 13.9. The van der Waals surface area contributed by atoms with E-state index in [9.17, 15) is 9.50 Å². The molecular weight excluding hydrogens is 245 g/mol. The summed E-state index contributed by atoms with van der Waals surface area (Å²) in [5, 5.41) is 9.54. The number of nitrogens with zero attached hydrogens (tertiary/aromatic N) is 1. The van der Waals surface area contributed by atoms with Crippen LogP contribution >= 0.6 is 11.6 Å². The van der Waals surface area contributed by atoms with Crippen molar-refractivity contribution in [1.82, 2.24) is 0 Å². The minimum atomic E-state index is -0.971. The van der Waals surface area contributed by atoms with Crippen molar-refractivity contribution in [2.75, 3.05) is 30.0 Å². The molecule has 0 amide bonds. The third-order valence-electron chi connectivity index (χ3n) is 2.24. The van der Waals surface area contributed by atoms with Crippen LogP contribution in [0.25, 0.3) is 0 Å². The summed E-state index contributed by atoms with van der Waals surface area (Å²) in [5.41, 5.74) is 10.7. The molecule has 5 N–H and O–H groups in total. The van der Waals surface area contributed by atoms with Crippen molar-refractivity contribution in [3.8, 4) is 0 Å². The number of anilines is 3. The number of aliphatic hydroxyl groups is 1. The molecule has 17 heavy (non-hydrogen) atoms. The highest BCUT2D eigenvalue weighted by Gasteiger charge is 2.22. The van der Waals surface area contributed by atoms with Crippen LogP contribution in [0, 0.1) is 5.82 Å². The van der Waals surface area contributed by atoms with Crippen molar-refractivity contribution < 1.29 is 9.50 Å². The maximum atomic E-state index is 13.9. The summed E-state index contributed by atoms with van der Waals surface area (Å²) in [4.78, 5) is 1.51. The first-order chi connectivity index (χ1) is 7.63. The normalized spacial score (nSPS) is 11.6. The lowest BCUT2D eigenvalue weighted by Crippen LogP contribution is -2.37. The van der Waals surface area contributed by atoms with E-state index in [2.05, 4.69) is 0 Å². The second kappa shape index (κ2) is 4.58. The summed E-state index contributed by atoms with van der Waals surface area (Å²) in [5.74, 6) is -0.670. The van der Waals surface area contributed by atoms with E-state index < -0.39 is 11.4 Å². The molecule has 0 aliphatic carbocycles. The maximum absolute atomic E-state index is 13.9. The van der Waals surface area contributed by atoms with Gasteiger partial charge in [-0.15, -0.1) is 0 Å². The number of halogens is 2. The fourth-order valence-electron chi connectivity index (χ4n) is 1.70. The molecule has 1 rings (SSSR count). The van der Waals surface area contributed by atoms with Gasteiger partial charge in [0.05, 0.1) is 22.7 Å². The molecule has 0 atom stereocenters. The fraction of sp³-hybridized carbons (Fsp3) is 0.455. The van der Waals surface area contributed by atoms with E-state index in [-0.39, 0.29) is 28.6 Å². The molecule has 1 aromatic rings. The lowest BCUT2D eigenvalue weighted by atomic mass is 10.1. The van der Waals surface area contributed by atoms with Gasteiger partial charge in [0, 0.05) is 13.6 Å². The number of benzene rings is 1. The van der Waals surface area contributed by atoms with Crippen LogP contribution in [0.5, 0.6) is 0 Å². The van der Waals surface area contributed by atoms with E-state index >= 15 is 0 Å². The van der Waals surface area contributed by atoms with E-state index in [1.54, 1.807) is 20.9 Å². The van der Waals surface area contributed by atoms with Gasteiger partial charge in [0.1, 0.15) is 5.02 Å². The van der Waals surface area contributed by atoms with E-state index in [4.69, 9.17) is 23.1 Å². The highest BCUT2D eigenvalue weighted by molar-refractivity contribution is 6.33. The minimum absolute atomic E-state index is 0.0991. The zero-order valence-electron chi connectivity index (χ0n) is 10.1. The van der Waals surface area contributed by atoms with Gasteiger partial charge >= 0.3 is 0 Å². The third-order valence-corrected chi connectivity index (χ3v) is 2.63. The number of hydrogen-bond donors (Lipinski definition) is 3. The number of rotatable bonds is 3. The van der Waals surface area contributed by atoms with Gasteiger partial charge < -0.3 is 21.5 Å². The number of likely N-dealkylation sites (N-methyl/N-ethyl adjacent to an activating group) is 1. The van der Waals surface area contributed by atoms with Gasteiger partial charge in [-0.25, -0.2) is 4.39 Å². The Bertz CT molecular complexity index is 432. The quantitative estimate of drug-likeness (QED) is 0.726. The van der Waals surface area contributed by atoms with Crippen molar-refractivity contribution in [1.29, 1.82) is 0 Å². The van der Waals surface area contributed by atoms with E-state index in [0.29, 0.717) is 0 Å². The Morgan fingerprint density at radius 1 is 1.41 bits per heavy atom. The molecule has 0 heterocycles. The highest BCUT2D eigenvalue weighted by Crippen LogP contribution is 2.35. The lowest BCUT2D eigenvalue weighted by molar-refractivity contribution is 0.0885. The van der Waals surface area contributed by atoms with Gasteiger partial charge in [-0.1, -0.05) is 11.6 Å². The van der Waals surface area contributed by atoms with Crippen LogP contribution in [0.1, 0.15) is 13.8 Å². The monoisotopic (exact) mass is 261 g/mol. The van der Waals surface area contributed by atoms with Crippen LogP contribution in [0.4, 0.5) is 21.5 Å². The predicted octanol–water partition coefficient (Wildman–Crippen LogP) is 1.85. The molecule has 0 spiro atoms. The van der Waals surface area contributed by atoms with Gasteiger partial charge in [0.25, 0.3) is 0 Å². The minimum Gasteiger partial charge on any atom is -0.397 e. The smallest absolute Gasteiger partial charge is 0.169 e. The highest BCUT2D eigenvalue weighted by atomic mass is 35.5. The third kappa shape index (κ3) is 3.14. The summed E-state index contributed by atoms with van der Waals surface area (Å²) in [6.07, 6.45) is 0. The van der Waals surface area contributed by atoms with Crippen LogP contribution in [0.2, 0.25) is 5.02 Å². The second-order valence-electron chi connectivity index (χ2n) is 4.70. The molecule has 96 valence electrons. The Morgan fingerprint density at radius 2 is 1.94 bits per heavy atom. The number of hydrogen-bond acceptors (Lipinski definition) is 4. The molecule has 0 radical (unpaired) electrons. The van der Waals surface area contributed by atoms with Gasteiger partial charge in [-0.3, -0.25) is 0 Å². The van der Waals surface area contributed by atoms with Gasteiger partial charge in [0.15, 0.2) is 5.82 Å². The SMILES string of the molecule is CN(CC(C)(C)O)c1c(N)cc(N)c(Cl)c1F. The van der Waals surface area contributed by atoms with Crippen molar-refractivity contribution in [2.45, 2.75) is 19.4 Å². The van der Waals surface area contributed by atoms with Crippen LogP contribution in [-0.4, -0.2) is 24.3 Å². The van der Waals surface area contributed by atoms with Gasteiger partial charge in [-0.2, -0.15) is 0 Å². The Morgan fingerprint density at radius 3 is 2.41 bits per heavy atom. The zero-order valence-corrected chi connectivity index (χ0v) is 10.8. The van der Waals surface area contributed by atoms with E-state index in [0.717, 1.165) is 0 Å². The first kappa shape index (κ1) is 13.9. The first-order valence-electron chi connectivity index (χ1n) is 5.10. The molecule has 0 saturated heterocycles. The largest absolute Gasteiger partial charge is 0.397 e. The molecule has 0 unspecified atom stereocenters. The van der Waals surface area contributed by atoms with E-state index in [1.807, 2.05) is 0 Å². The fourth-order valence-corrected chi connectivity index (χ4v) is 1.85. The second-order valence-corrected chi connectivity index (χ2v) is 5.08. The molecule has 0 aromatic heterocycles. The van der Waals surface area contributed by atoms with Crippen LogP contribution in [-0.2, 0) is 0 Å². The number of nitrogens with two attached hydrogens (primary N) is 2.